The van der Waals surface area contributed by atoms with Gasteiger partial charge in [0.2, 0.25) is 5.91 Å². The van der Waals surface area contributed by atoms with Crippen molar-refractivity contribution in [2.24, 2.45) is 0 Å². The molecule has 1 heterocycles. The van der Waals surface area contributed by atoms with Gasteiger partial charge < -0.3 is 19.2 Å². The molecule has 7 heteroatoms. The SMILES string of the molecule is COC(=O)c1cc(OC)ccc1NC(=O)CCc1ncc(-c2ccccc2)o1. The summed E-state index contributed by atoms with van der Waals surface area (Å²) in [5.41, 5.74) is 1.50. The van der Waals surface area contributed by atoms with Gasteiger partial charge in [-0.2, -0.15) is 0 Å². The smallest absolute Gasteiger partial charge is 0.340 e. The average molecular weight is 380 g/mol. The van der Waals surface area contributed by atoms with Crippen LogP contribution in [0.15, 0.2) is 59.1 Å². The van der Waals surface area contributed by atoms with Crippen LogP contribution in [-0.4, -0.2) is 31.1 Å². The van der Waals surface area contributed by atoms with Crippen molar-refractivity contribution in [2.45, 2.75) is 12.8 Å². The molecule has 3 aromatic rings. The number of ether oxygens (including phenoxy) is 2. The second-order valence-electron chi connectivity index (χ2n) is 5.94. The van der Waals surface area contributed by atoms with Crippen molar-refractivity contribution in [3.05, 3.63) is 66.2 Å². The maximum absolute atomic E-state index is 12.3. The van der Waals surface area contributed by atoms with Crippen molar-refractivity contribution in [1.82, 2.24) is 4.98 Å². The number of esters is 1. The van der Waals surface area contributed by atoms with Gasteiger partial charge in [-0.05, 0) is 18.2 Å². The van der Waals surface area contributed by atoms with E-state index in [4.69, 9.17) is 13.9 Å². The average Bonchev–Trinajstić information content (AvgIpc) is 3.22. The Morgan fingerprint density at radius 3 is 2.61 bits per heavy atom. The first-order valence-corrected chi connectivity index (χ1v) is 8.67. The first-order valence-electron chi connectivity index (χ1n) is 8.67. The van der Waals surface area contributed by atoms with E-state index in [0.717, 1.165) is 5.56 Å². The molecule has 0 radical (unpaired) electrons. The van der Waals surface area contributed by atoms with Crippen LogP contribution in [-0.2, 0) is 16.0 Å². The highest BCUT2D eigenvalue weighted by atomic mass is 16.5. The van der Waals surface area contributed by atoms with E-state index in [-0.39, 0.29) is 17.9 Å². The Morgan fingerprint density at radius 1 is 1.11 bits per heavy atom. The van der Waals surface area contributed by atoms with Crippen LogP contribution in [0.1, 0.15) is 22.7 Å². The topological polar surface area (TPSA) is 90.7 Å². The highest BCUT2D eigenvalue weighted by Crippen LogP contribution is 2.24. The number of oxazole rings is 1. The Bertz CT molecular complexity index is 966. The minimum absolute atomic E-state index is 0.154. The van der Waals surface area contributed by atoms with E-state index in [1.54, 1.807) is 18.3 Å². The van der Waals surface area contributed by atoms with E-state index in [1.807, 2.05) is 30.3 Å². The van der Waals surface area contributed by atoms with E-state index in [9.17, 15) is 9.59 Å². The minimum atomic E-state index is -0.561. The number of carbonyl (C=O) groups excluding carboxylic acids is 2. The summed E-state index contributed by atoms with van der Waals surface area (Å²) in [6, 6.07) is 14.4. The number of nitrogens with one attached hydrogen (secondary N) is 1. The molecule has 0 aliphatic rings. The fraction of sp³-hybridized carbons (Fsp3) is 0.190. The second kappa shape index (κ2) is 8.85. The molecule has 0 aliphatic heterocycles. The van der Waals surface area contributed by atoms with E-state index >= 15 is 0 Å². The number of anilines is 1. The highest BCUT2D eigenvalue weighted by Gasteiger charge is 2.16. The first kappa shape index (κ1) is 19.2. The Balaban J connectivity index is 1.64. The van der Waals surface area contributed by atoms with E-state index in [1.165, 1.54) is 20.3 Å². The van der Waals surface area contributed by atoms with E-state index in [0.29, 0.717) is 29.5 Å². The fourth-order valence-electron chi connectivity index (χ4n) is 2.63. The first-order chi connectivity index (χ1) is 13.6. The van der Waals surface area contributed by atoms with E-state index < -0.39 is 5.97 Å². The number of rotatable bonds is 7. The van der Waals surface area contributed by atoms with Crippen LogP contribution in [0.3, 0.4) is 0 Å². The summed E-state index contributed by atoms with van der Waals surface area (Å²) in [6.45, 7) is 0. The number of carbonyl (C=O) groups is 2. The van der Waals surface area contributed by atoms with Crippen LogP contribution in [0.4, 0.5) is 5.69 Å². The van der Waals surface area contributed by atoms with Crippen molar-refractivity contribution in [3.8, 4) is 17.1 Å². The van der Waals surface area contributed by atoms with Gasteiger partial charge >= 0.3 is 5.97 Å². The third-order valence-electron chi connectivity index (χ3n) is 4.08. The predicted octanol–water partition coefficient (Wildman–Crippen LogP) is 3.71. The highest BCUT2D eigenvalue weighted by molar-refractivity contribution is 6.01. The fourth-order valence-corrected chi connectivity index (χ4v) is 2.63. The minimum Gasteiger partial charge on any atom is -0.497 e. The van der Waals surface area contributed by atoms with Gasteiger partial charge in [-0.25, -0.2) is 9.78 Å². The lowest BCUT2D eigenvalue weighted by Gasteiger charge is -2.11. The molecule has 0 saturated heterocycles. The zero-order valence-electron chi connectivity index (χ0n) is 15.6. The normalized spacial score (nSPS) is 10.4. The zero-order chi connectivity index (χ0) is 19.9. The summed E-state index contributed by atoms with van der Waals surface area (Å²) in [7, 11) is 2.77. The van der Waals surface area contributed by atoms with Crippen LogP contribution in [0.25, 0.3) is 11.3 Å². The van der Waals surface area contributed by atoms with Gasteiger partial charge in [0.15, 0.2) is 11.7 Å². The molecule has 0 unspecified atom stereocenters. The molecule has 1 aromatic heterocycles. The number of benzene rings is 2. The molecule has 0 aliphatic carbocycles. The maximum atomic E-state index is 12.3. The molecule has 0 spiro atoms. The predicted molar refractivity (Wildman–Crippen MR) is 103 cm³/mol. The Labute approximate surface area is 162 Å². The molecule has 0 atom stereocenters. The molecule has 2 aromatic carbocycles. The molecular formula is C21H20N2O5. The summed E-state index contributed by atoms with van der Waals surface area (Å²) in [5.74, 6) is 0.784. The largest absolute Gasteiger partial charge is 0.497 e. The van der Waals surface area contributed by atoms with Crippen LogP contribution in [0.2, 0.25) is 0 Å². The van der Waals surface area contributed by atoms with Crippen molar-refractivity contribution in [3.63, 3.8) is 0 Å². The Kier molecular flexibility index (Phi) is 6.06. The van der Waals surface area contributed by atoms with Crippen molar-refractivity contribution < 1.29 is 23.5 Å². The summed E-state index contributed by atoms with van der Waals surface area (Å²) < 4.78 is 15.6. The van der Waals surface area contributed by atoms with Gasteiger partial charge in [0, 0.05) is 18.4 Å². The third kappa shape index (κ3) is 4.56. The molecule has 144 valence electrons. The number of aromatic nitrogens is 1. The molecule has 0 saturated carbocycles. The van der Waals surface area contributed by atoms with Crippen molar-refractivity contribution in [2.75, 3.05) is 19.5 Å². The number of methoxy groups -OCH3 is 2. The Morgan fingerprint density at radius 2 is 1.89 bits per heavy atom. The second-order valence-corrected chi connectivity index (χ2v) is 5.94. The lowest BCUT2D eigenvalue weighted by molar-refractivity contribution is -0.116. The monoisotopic (exact) mass is 380 g/mol. The quantitative estimate of drug-likeness (QED) is 0.629. The summed E-state index contributed by atoms with van der Waals surface area (Å²) in [5, 5.41) is 2.72. The molecule has 0 bridgehead atoms. The molecule has 1 N–H and O–H groups in total. The molecule has 1 amide bonds. The van der Waals surface area contributed by atoms with Crippen LogP contribution >= 0.6 is 0 Å². The standard InChI is InChI=1S/C21H20N2O5/c1-26-15-8-9-17(16(12-15)21(25)27-2)23-19(24)10-11-20-22-13-18(28-20)14-6-4-3-5-7-14/h3-9,12-13H,10-11H2,1-2H3,(H,23,24). The van der Waals surface area contributed by atoms with Gasteiger partial charge in [-0.3, -0.25) is 4.79 Å². The van der Waals surface area contributed by atoms with Crippen molar-refractivity contribution >= 4 is 17.6 Å². The molecular weight excluding hydrogens is 360 g/mol. The number of aryl methyl sites for hydroxylation is 1. The van der Waals surface area contributed by atoms with E-state index in [2.05, 4.69) is 10.3 Å². The number of hydrogen-bond acceptors (Lipinski definition) is 6. The van der Waals surface area contributed by atoms with Gasteiger partial charge in [0.05, 0.1) is 31.7 Å². The van der Waals surface area contributed by atoms with Gasteiger partial charge in [0.1, 0.15) is 5.75 Å². The molecule has 3 rings (SSSR count). The lowest BCUT2D eigenvalue weighted by Crippen LogP contribution is -2.16. The summed E-state index contributed by atoms with van der Waals surface area (Å²) in [4.78, 5) is 28.5. The third-order valence-corrected chi connectivity index (χ3v) is 4.08. The molecule has 28 heavy (non-hydrogen) atoms. The van der Waals surface area contributed by atoms with Crippen LogP contribution < -0.4 is 10.1 Å². The van der Waals surface area contributed by atoms with Crippen LogP contribution in [0, 0.1) is 0 Å². The Hall–Kier alpha value is -3.61. The number of nitrogens with zero attached hydrogens (tertiary/aromatic N) is 1. The molecule has 0 fully saturated rings. The summed E-state index contributed by atoms with van der Waals surface area (Å²) in [6.07, 6.45) is 2.13. The maximum Gasteiger partial charge on any atom is 0.340 e. The van der Waals surface area contributed by atoms with Gasteiger partial charge in [-0.1, -0.05) is 30.3 Å². The molecule has 7 nitrogen and oxygen atoms in total. The number of hydrogen-bond donors (Lipinski definition) is 1. The number of amides is 1. The lowest BCUT2D eigenvalue weighted by atomic mass is 10.1. The van der Waals surface area contributed by atoms with Gasteiger partial charge in [0.25, 0.3) is 0 Å². The van der Waals surface area contributed by atoms with Crippen molar-refractivity contribution in [1.29, 1.82) is 0 Å². The van der Waals surface area contributed by atoms with Crippen LogP contribution in [0.5, 0.6) is 5.75 Å². The summed E-state index contributed by atoms with van der Waals surface area (Å²) >= 11 is 0. The zero-order valence-corrected chi connectivity index (χ0v) is 15.6. The van der Waals surface area contributed by atoms with Gasteiger partial charge in [-0.15, -0.1) is 0 Å².